The second-order valence-corrected chi connectivity index (χ2v) is 8.44. The van der Waals surface area contributed by atoms with E-state index in [-0.39, 0.29) is 17.8 Å². The maximum Gasteiger partial charge on any atom is 0.317 e. The number of urea groups is 1. The van der Waals surface area contributed by atoms with E-state index in [2.05, 4.69) is 5.32 Å². The van der Waals surface area contributed by atoms with Crippen LogP contribution >= 0.6 is 11.8 Å². The third kappa shape index (κ3) is 6.01. The number of hydrogen-bond donors (Lipinski definition) is 2. The van der Waals surface area contributed by atoms with Crippen LogP contribution in [0.25, 0.3) is 0 Å². The van der Waals surface area contributed by atoms with E-state index in [1.54, 1.807) is 0 Å². The van der Waals surface area contributed by atoms with Crippen LogP contribution in [0.1, 0.15) is 12.8 Å². The molecule has 0 unspecified atom stereocenters. The Morgan fingerprint density at radius 2 is 2.00 bits per heavy atom. The van der Waals surface area contributed by atoms with Crippen LogP contribution in [-0.2, 0) is 10.0 Å². The van der Waals surface area contributed by atoms with Gasteiger partial charge in [0.2, 0.25) is 10.0 Å². The number of carbonyl (C=O) groups is 1. The van der Waals surface area contributed by atoms with Crippen molar-refractivity contribution in [2.24, 2.45) is 5.14 Å². The van der Waals surface area contributed by atoms with Crippen molar-refractivity contribution in [3.8, 4) is 0 Å². The maximum atomic E-state index is 12.2. The molecule has 0 spiro atoms. The van der Waals surface area contributed by atoms with Gasteiger partial charge in [0, 0.05) is 44.5 Å². The van der Waals surface area contributed by atoms with Crippen molar-refractivity contribution in [3.63, 3.8) is 0 Å². The average Bonchev–Trinajstić information content (AvgIpc) is 2.46. The largest absolute Gasteiger partial charge is 0.334 e. The zero-order chi connectivity index (χ0) is 15.3. The zero-order valence-electron chi connectivity index (χ0n) is 12.2. The minimum atomic E-state index is -3.41. The number of amides is 2. The number of nitrogens with zero attached hydrogens (tertiary/aromatic N) is 2. The Labute approximate surface area is 130 Å². The van der Waals surface area contributed by atoms with Gasteiger partial charge in [-0.25, -0.2) is 18.4 Å². The minimum absolute atomic E-state index is 0.00796. The number of hydrogen-bond acceptors (Lipinski definition) is 5. The van der Waals surface area contributed by atoms with Crippen LogP contribution in [-0.4, -0.2) is 80.3 Å². The summed E-state index contributed by atoms with van der Waals surface area (Å²) in [5.74, 6) is 2.16. The molecule has 2 heterocycles. The Balaban J connectivity index is 1.69. The summed E-state index contributed by atoms with van der Waals surface area (Å²) in [6, 6.07) is 0.297. The summed E-state index contributed by atoms with van der Waals surface area (Å²) in [6.07, 6.45) is 2.23. The molecule has 7 nitrogen and oxygen atoms in total. The number of carbonyl (C=O) groups excluding carboxylic acids is 1. The summed E-state index contributed by atoms with van der Waals surface area (Å²) < 4.78 is 21.9. The molecule has 0 aromatic rings. The molecule has 9 heteroatoms. The van der Waals surface area contributed by atoms with E-state index in [1.807, 2.05) is 21.6 Å². The van der Waals surface area contributed by atoms with E-state index < -0.39 is 10.0 Å². The first-order chi connectivity index (χ1) is 9.94. The molecule has 2 saturated heterocycles. The average molecular weight is 336 g/mol. The molecule has 0 aromatic carbocycles. The van der Waals surface area contributed by atoms with Crippen molar-refractivity contribution >= 4 is 27.8 Å². The maximum absolute atomic E-state index is 12.2. The molecule has 2 aliphatic rings. The van der Waals surface area contributed by atoms with Crippen molar-refractivity contribution in [2.75, 3.05) is 50.0 Å². The number of piperazine rings is 1. The molecule has 2 fully saturated rings. The number of thioether (sulfide) groups is 1. The normalized spacial score (nSPS) is 24.8. The lowest BCUT2D eigenvalue weighted by Crippen LogP contribution is -2.54. The fourth-order valence-electron chi connectivity index (χ4n) is 2.55. The lowest BCUT2D eigenvalue weighted by molar-refractivity contribution is 0.141. The standard InChI is InChI=1S/C12H24N4O3S2/c13-21(18,19)9-7-15-3-5-16(6-4-15)12(17)14-11-2-1-8-20-10-11/h11H,1-10H2,(H,14,17)(H2,13,18,19)/t11-/m1/s1. The predicted molar refractivity (Wildman–Crippen MR) is 84.9 cm³/mol. The predicted octanol–water partition coefficient (Wildman–Crippen LogP) is -0.502. The first kappa shape index (κ1) is 16.9. The van der Waals surface area contributed by atoms with Gasteiger partial charge in [-0.2, -0.15) is 11.8 Å². The number of rotatable bonds is 4. The van der Waals surface area contributed by atoms with Gasteiger partial charge in [0.1, 0.15) is 0 Å². The Morgan fingerprint density at radius 1 is 1.29 bits per heavy atom. The molecular formula is C12H24N4O3S2. The SMILES string of the molecule is NS(=O)(=O)CCN1CCN(C(=O)N[C@@H]2CCCSC2)CC1. The molecule has 2 aliphatic heterocycles. The van der Waals surface area contributed by atoms with Crippen LogP contribution in [0.15, 0.2) is 0 Å². The highest BCUT2D eigenvalue weighted by atomic mass is 32.2. The first-order valence-electron chi connectivity index (χ1n) is 7.30. The minimum Gasteiger partial charge on any atom is -0.334 e. The van der Waals surface area contributed by atoms with Crippen molar-refractivity contribution in [3.05, 3.63) is 0 Å². The van der Waals surface area contributed by atoms with E-state index in [0.29, 0.717) is 32.7 Å². The lowest BCUT2D eigenvalue weighted by Gasteiger charge is -2.35. The number of primary sulfonamides is 1. The summed E-state index contributed by atoms with van der Waals surface area (Å²) >= 11 is 1.89. The summed E-state index contributed by atoms with van der Waals surface area (Å²) in [6.45, 7) is 3.10. The van der Waals surface area contributed by atoms with Crippen LogP contribution in [0.5, 0.6) is 0 Å². The highest BCUT2D eigenvalue weighted by molar-refractivity contribution is 7.99. The summed E-state index contributed by atoms with van der Waals surface area (Å²) in [5, 5.41) is 8.09. The van der Waals surface area contributed by atoms with Gasteiger partial charge in [-0.15, -0.1) is 0 Å². The van der Waals surface area contributed by atoms with Crippen LogP contribution < -0.4 is 10.5 Å². The zero-order valence-corrected chi connectivity index (χ0v) is 13.8. The van der Waals surface area contributed by atoms with E-state index >= 15 is 0 Å². The molecular weight excluding hydrogens is 312 g/mol. The van der Waals surface area contributed by atoms with Crippen LogP contribution in [0.3, 0.4) is 0 Å². The molecule has 1 atom stereocenters. The number of nitrogens with one attached hydrogen (secondary N) is 1. The Kier molecular flexibility index (Phi) is 6.15. The molecule has 0 aliphatic carbocycles. The fourth-order valence-corrected chi connectivity index (χ4v) is 4.14. The van der Waals surface area contributed by atoms with Crippen LogP contribution in [0.4, 0.5) is 4.79 Å². The topological polar surface area (TPSA) is 95.7 Å². The molecule has 21 heavy (non-hydrogen) atoms. The third-order valence-electron chi connectivity index (χ3n) is 3.84. The van der Waals surface area contributed by atoms with Crippen molar-refractivity contribution < 1.29 is 13.2 Å². The van der Waals surface area contributed by atoms with Crippen LogP contribution in [0, 0.1) is 0 Å². The molecule has 122 valence electrons. The first-order valence-corrected chi connectivity index (χ1v) is 10.2. The molecule has 3 N–H and O–H groups in total. The van der Waals surface area contributed by atoms with Gasteiger partial charge < -0.3 is 10.2 Å². The lowest BCUT2D eigenvalue weighted by atomic mass is 10.2. The van der Waals surface area contributed by atoms with Gasteiger partial charge in [-0.3, -0.25) is 4.90 Å². The van der Waals surface area contributed by atoms with Gasteiger partial charge in [0.25, 0.3) is 0 Å². The van der Waals surface area contributed by atoms with Gasteiger partial charge in [-0.05, 0) is 18.6 Å². The van der Waals surface area contributed by atoms with E-state index in [0.717, 1.165) is 18.6 Å². The summed E-state index contributed by atoms with van der Waals surface area (Å²) in [7, 11) is -3.41. The molecule has 0 bridgehead atoms. The van der Waals surface area contributed by atoms with Gasteiger partial charge >= 0.3 is 6.03 Å². The highest BCUT2D eigenvalue weighted by Gasteiger charge is 2.24. The highest BCUT2D eigenvalue weighted by Crippen LogP contribution is 2.17. The summed E-state index contributed by atoms with van der Waals surface area (Å²) in [4.78, 5) is 16.0. The molecule has 2 rings (SSSR count). The Hall–Kier alpha value is -0.510. The fraction of sp³-hybridized carbons (Fsp3) is 0.917. The molecule has 0 saturated carbocycles. The number of nitrogens with two attached hydrogens (primary N) is 1. The van der Waals surface area contributed by atoms with Gasteiger partial charge in [0.05, 0.1) is 5.75 Å². The van der Waals surface area contributed by atoms with Crippen molar-refractivity contribution in [1.29, 1.82) is 0 Å². The van der Waals surface area contributed by atoms with E-state index in [9.17, 15) is 13.2 Å². The van der Waals surface area contributed by atoms with Crippen molar-refractivity contribution in [1.82, 2.24) is 15.1 Å². The van der Waals surface area contributed by atoms with E-state index in [4.69, 9.17) is 5.14 Å². The Bertz CT molecular complexity index is 443. The smallest absolute Gasteiger partial charge is 0.317 e. The van der Waals surface area contributed by atoms with Crippen molar-refractivity contribution in [2.45, 2.75) is 18.9 Å². The van der Waals surface area contributed by atoms with Gasteiger partial charge in [0.15, 0.2) is 0 Å². The quantitative estimate of drug-likeness (QED) is 0.721. The Morgan fingerprint density at radius 3 is 2.57 bits per heavy atom. The van der Waals surface area contributed by atoms with E-state index in [1.165, 1.54) is 5.75 Å². The van der Waals surface area contributed by atoms with Gasteiger partial charge in [-0.1, -0.05) is 0 Å². The third-order valence-corrected chi connectivity index (χ3v) is 5.81. The number of sulfonamides is 1. The molecule has 0 radical (unpaired) electrons. The monoisotopic (exact) mass is 336 g/mol. The second-order valence-electron chi connectivity index (χ2n) is 5.56. The van der Waals surface area contributed by atoms with Crippen LogP contribution in [0.2, 0.25) is 0 Å². The summed E-state index contributed by atoms with van der Waals surface area (Å²) in [5.41, 5.74) is 0. The second kappa shape index (κ2) is 7.66. The molecule has 2 amide bonds. The molecule has 0 aromatic heterocycles.